The van der Waals surface area contributed by atoms with Crippen molar-refractivity contribution in [2.24, 2.45) is 5.92 Å². The number of hydrogen-bond acceptors (Lipinski definition) is 4. The van der Waals surface area contributed by atoms with Gasteiger partial charge >= 0.3 is 5.97 Å². The van der Waals surface area contributed by atoms with E-state index in [-0.39, 0.29) is 24.3 Å². The maximum absolute atomic E-state index is 12.2. The number of piperidine rings is 1. The van der Waals surface area contributed by atoms with E-state index in [0.29, 0.717) is 5.69 Å². The van der Waals surface area contributed by atoms with Crippen LogP contribution in [0.15, 0.2) is 12.5 Å². The van der Waals surface area contributed by atoms with E-state index in [4.69, 9.17) is 0 Å². The fourth-order valence-electron chi connectivity index (χ4n) is 2.48. The predicted molar refractivity (Wildman–Crippen MR) is 72.0 cm³/mol. The molecule has 1 fully saturated rings. The lowest BCUT2D eigenvalue weighted by Crippen LogP contribution is -2.48. The Bertz CT molecular complexity index is 460. The number of rotatable bonds is 5. The molecule has 1 aromatic heterocycles. The van der Waals surface area contributed by atoms with E-state index >= 15 is 0 Å². The van der Waals surface area contributed by atoms with E-state index in [1.54, 1.807) is 6.20 Å². The first-order chi connectivity index (χ1) is 9.56. The summed E-state index contributed by atoms with van der Waals surface area (Å²) in [5, 5.41) is 15.1. The molecule has 2 unspecified atom stereocenters. The zero-order valence-corrected chi connectivity index (χ0v) is 11.4. The normalized spacial score (nSPS) is 24.1. The second-order valence-electron chi connectivity index (χ2n) is 5.26. The molecular weight excluding hydrogens is 260 g/mol. The van der Waals surface area contributed by atoms with Gasteiger partial charge in [0.25, 0.3) is 0 Å². The highest BCUT2D eigenvalue weighted by Crippen LogP contribution is 2.16. The molecule has 110 valence electrons. The number of carbonyl (C=O) groups excluding carboxylic acids is 1. The quantitative estimate of drug-likeness (QED) is 0.603. The second kappa shape index (κ2) is 6.51. The van der Waals surface area contributed by atoms with E-state index in [0.717, 1.165) is 19.4 Å². The maximum Gasteiger partial charge on any atom is 0.326 e. The first-order valence-corrected chi connectivity index (χ1v) is 6.80. The average Bonchev–Trinajstić information content (AvgIpc) is 2.90. The summed E-state index contributed by atoms with van der Waals surface area (Å²) in [5.41, 5.74) is 0.691. The van der Waals surface area contributed by atoms with Crippen LogP contribution < -0.4 is 10.6 Å². The highest BCUT2D eigenvalue weighted by molar-refractivity contribution is 5.85. The van der Waals surface area contributed by atoms with E-state index < -0.39 is 12.0 Å². The van der Waals surface area contributed by atoms with Gasteiger partial charge in [0.05, 0.1) is 6.33 Å². The summed E-state index contributed by atoms with van der Waals surface area (Å²) in [7, 11) is 0. The van der Waals surface area contributed by atoms with Crippen LogP contribution >= 0.6 is 0 Å². The Labute approximate surface area is 117 Å². The topological polar surface area (TPSA) is 107 Å². The molecule has 0 saturated carbocycles. The summed E-state index contributed by atoms with van der Waals surface area (Å²) in [6, 6.07) is -0.636. The van der Waals surface area contributed by atoms with Crippen LogP contribution in [0.25, 0.3) is 0 Å². The van der Waals surface area contributed by atoms with Crippen molar-refractivity contribution in [3.63, 3.8) is 0 Å². The number of carbonyl (C=O) groups is 2. The number of H-pyrrole nitrogens is 1. The van der Waals surface area contributed by atoms with Gasteiger partial charge in [-0.2, -0.15) is 0 Å². The molecule has 4 N–H and O–H groups in total. The van der Waals surface area contributed by atoms with Crippen molar-refractivity contribution >= 4 is 11.9 Å². The molecule has 1 aliphatic rings. The van der Waals surface area contributed by atoms with Crippen molar-refractivity contribution in [3.8, 4) is 0 Å². The molecule has 1 saturated heterocycles. The highest BCUT2D eigenvalue weighted by Gasteiger charge is 2.28. The lowest BCUT2D eigenvalue weighted by molar-refractivity contribution is -0.142. The number of carboxylic acids is 1. The number of aromatic amines is 1. The van der Waals surface area contributed by atoms with E-state index in [2.05, 4.69) is 20.6 Å². The minimum absolute atomic E-state index is 0.116. The summed E-state index contributed by atoms with van der Waals surface area (Å²) in [5.74, 6) is -1.32. The van der Waals surface area contributed by atoms with Crippen LogP contribution in [0, 0.1) is 5.92 Å². The van der Waals surface area contributed by atoms with Crippen LogP contribution in [0.4, 0.5) is 0 Å². The molecule has 7 nitrogen and oxygen atoms in total. The van der Waals surface area contributed by atoms with Crippen LogP contribution in [0.1, 0.15) is 25.5 Å². The standard InChI is InChI=1S/C13H20N4O3/c1-8-4-9(2-3-15-8)12(18)17-11(13(19)20)5-10-6-14-7-16-10/h6-9,11,15H,2-5H2,1H3,(H,14,16)(H,17,18)(H,19,20)/t8?,9?,11-/m1/s1. The fraction of sp³-hybridized carbons (Fsp3) is 0.615. The van der Waals surface area contributed by atoms with Crippen LogP contribution in [0.5, 0.6) is 0 Å². The van der Waals surface area contributed by atoms with Crippen molar-refractivity contribution in [3.05, 3.63) is 18.2 Å². The Balaban J connectivity index is 1.93. The lowest BCUT2D eigenvalue weighted by atomic mass is 9.92. The second-order valence-corrected chi connectivity index (χ2v) is 5.26. The lowest BCUT2D eigenvalue weighted by Gasteiger charge is -2.28. The van der Waals surface area contributed by atoms with Gasteiger partial charge in [0.1, 0.15) is 6.04 Å². The average molecular weight is 280 g/mol. The largest absolute Gasteiger partial charge is 0.480 e. The molecule has 1 amide bonds. The molecule has 1 aliphatic heterocycles. The number of amides is 1. The Morgan fingerprint density at radius 2 is 2.40 bits per heavy atom. The summed E-state index contributed by atoms with van der Waals surface area (Å²) >= 11 is 0. The highest BCUT2D eigenvalue weighted by atomic mass is 16.4. The zero-order chi connectivity index (χ0) is 14.5. The van der Waals surface area contributed by atoms with Gasteiger partial charge in [0.2, 0.25) is 5.91 Å². The van der Waals surface area contributed by atoms with Gasteiger partial charge in [0.15, 0.2) is 0 Å². The molecule has 2 rings (SSSR count). The Morgan fingerprint density at radius 1 is 1.60 bits per heavy atom. The number of nitrogens with zero attached hydrogens (tertiary/aromatic N) is 1. The van der Waals surface area contributed by atoms with Gasteiger partial charge in [-0.05, 0) is 26.3 Å². The van der Waals surface area contributed by atoms with Crippen molar-refractivity contribution in [2.75, 3.05) is 6.54 Å². The third kappa shape index (κ3) is 3.80. The number of imidazole rings is 1. The van der Waals surface area contributed by atoms with Gasteiger partial charge in [0, 0.05) is 30.3 Å². The summed E-state index contributed by atoms with van der Waals surface area (Å²) in [6.45, 7) is 2.82. The minimum atomic E-state index is -1.03. The number of nitrogens with one attached hydrogen (secondary N) is 3. The summed E-state index contributed by atoms with van der Waals surface area (Å²) in [6.07, 6.45) is 4.75. The molecule has 0 bridgehead atoms. The third-order valence-electron chi connectivity index (χ3n) is 3.59. The first-order valence-electron chi connectivity index (χ1n) is 6.80. The van der Waals surface area contributed by atoms with E-state index in [1.807, 2.05) is 6.92 Å². The van der Waals surface area contributed by atoms with Gasteiger partial charge in [-0.1, -0.05) is 0 Å². The van der Waals surface area contributed by atoms with Crippen molar-refractivity contribution in [1.29, 1.82) is 0 Å². The summed E-state index contributed by atoms with van der Waals surface area (Å²) < 4.78 is 0. The first kappa shape index (κ1) is 14.5. The maximum atomic E-state index is 12.2. The zero-order valence-electron chi connectivity index (χ0n) is 11.4. The molecular formula is C13H20N4O3. The third-order valence-corrected chi connectivity index (χ3v) is 3.59. The molecule has 0 aromatic carbocycles. The number of hydrogen-bond donors (Lipinski definition) is 4. The Morgan fingerprint density at radius 3 is 3.00 bits per heavy atom. The van der Waals surface area contributed by atoms with Gasteiger partial charge in [-0.15, -0.1) is 0 Å². The minimum Gasteiger partial charge on any atom is -0.480 e. The molecule has 1 aromatic rings. The molecule has 0 spiro atoms. The van der Waals surface area contributed by atoms with Crippen molar-refractivity contribution in [2.45, 2.75) is 38.3 Å². The van der Waals surface area contributed by atoms with Crippen LogP contribution in [-0.2, 0) is 16.0 Å². The van der Waals surface area contributed by atoms with Crippen molar-refractivity contribution < 1.29 is 14.7 Å². The van der Waals surface area contributed by atoms with Gasteiger partial charge < -0.3 is 20.7 Å². The van der Waals surface area contributed by atoms with Gasteiger partial charge in [-0.3, -0.25) is 4.79 Å². The fourth-order valence-corrected chi connectivity index (χ4v) is 2.48. The summed E-state index contributed by atoms with van der Waals surface area (Å²) in [4.78, 5) is 30.1. The van der Waals surface area contributed by atoms with Crippen LogP contribution in [0.2, 0.25) is 0 Å². The molecule has 0 radical (unpaired) electrons. The molecule has 20 heavy (non-hydrogen) atoms. The molecule has 7 heteroatoms. The Kier molecular flexibility index (Phi) is 4.73. The SMILES string of the molecule is CC1CC(C(=O)N[C@H](Cc2cnc[nH]2)C(=O)O)CCN1. The van der Waals surface area contributed by atoms with Crippen LogP contribution in [0.3, 0.4) is 0 Å². The van der Waals surface area contributed by atoms with Gasteiger partial charge in [-0.25, -0.2) is 9.78 Å². The molecule has 3 atom stereocenters. The Hall–Kier alpha value is -1.89. The van der Waals surface area contributed by atoms with E-state index in [9.17, 15) is 14.7 Å². The molecule has 0 aliphatic carbocycles. The number of aliphatic carboxylic acids is 1. The van der Waals surface area contributed by atoms with E-state index in [1.165, 1.54) is 6.33 Å². The van der Waals surface area contributed by atoms with Crippen LogP contribution in [-0.4, -0.2) is 45.6 Å². The number of carboxylic acid groups (broad SMARTS) is 1. The monoisotopic (exact) mass is 280 g/mol. The molecule has 2 heterocycles. The van der Waals surface area contributed by atoms with Crippen molar-refractivity contribution in [1.82, 2.24) is 20.6 Å². The number of aromatic nitrogens is 2. The smallest absolute Gasteiger partial charge is 0.326 e. The predicted octanol–water partition coefficient (Wildman–Crippen LogP) is -0.0903.